The van der Waals surface area contributed by atoms with Gasteiger partial charge in [-0.15, -0.1) is 0 Å². The number of aliphatic hydroxyl groups excluding tert-OH is 1. The van der Waals surface area contributed by atoms with Gasteiger partial charge in [0.05, 0.1) is 18.6 Å². The number of thioether (sulfide) groups is 1. The fourth-order valence-electron chi connectivity index (χ4n) is 3.20. The summed E-state index contributed by atoms with van der Waals surface area (Å²) in [7, 11) is 0. The summed E-state index contributed by atoms with van der Waals surface area (Å²) in [6.07, 6.45) is 0.779. The van der Waals surface area contributed by atoms with E-state index in [1.54, 1.807) is 6.26 Å². The van der Waals surface area contributed by atoms with E-state index in [1.807, 2.05) is 0 Å². The third kappa shape index (κ3) is 7.99. The zero-order chi connectivity index (χ0) is 23.7. The van der Waals surface area contributed by atoms with Crippen LogP contribution in [0.3, 0.4) is 0 Å². The van der Waals surface area contributed by atoms with E-state index in [4.69, 9.17) is 10.8 Å². The monoisotopic (exact) mass is 462 g/mol. The smallest absolute Gasteiger partial charge is 0.326 e. The number of carbonyl (C=O) groups excluding carboxylic acids is 3. The van der Waals surface area contributed by atoms with Crippen molar-refractivity contribution in [1.82, 2.24) is 15.5 Å². The molecule has 13 heteroatoms. The van der Waals surface area contributed by atoms with Gasteiger partial charge in [0, 0.05) is 6.54 Å². The lowest BCUT2D eigenvalue weighted by atomic mass is 10.1. The maximum absolute atomic E-state index is 12.7. The Morgan fingerprint density at radius 1 is 1.19 bits per heavy atom. The molecule has 5 unspecified atom stereocenters. The predicted molar refractivity (Wildman–Crippen MR) is 111 cm³/mol. The molecule has 7 N–H and O–H groups in total. The zero-order valence-corrected chi connectivity index (χ0v) is 18.3. The summed E-state index contributed by atoms with van der Waals surface area (Å²) in [6.45, 7) is 1.47. The Hall–Kier alpha value is -2.38. The fourth-order valence-corrected chi connectivity index (χ4v) is 3.67. The number of nitrogens with two attached hydrogens (primary N) is 1. The van der Waals surface area contributed by atoms with Gasteiger partial charge >= 0.3 is 11.9 Å². The second kappa shape index (κ2) is 12.5. The topological polar surface area (TPSA) is 199 Å². The summed E-state index contributed by atoms with van der Waals surface area (Å²) in [6, 6.07) is -4.91. The number of likely N-dealkylation sites (tertiary alicyclic amines) is 1. The number of aliphatic hydroxyl groups is 1. The van der Waals surface area contributed by atoms with E-state index < -0.39 is 66.4 Å². The van der Waals surface area contributed by atoms with Crippen LogP contribution in [-0.4, -0.2) is 98.7 Å². The van der Waals surface area contributed by atoms with Crippen molar-refractivity contribution in [3.63, 3.8) is 0 Å². The number of carbonyl (C=O) groups is 5. The minimum atomic E-state index is -1.44. The average Bonchev–Trinajstić information content (AvgIpc) is 3.17. The molecule has 176 valence electrons. The second-order valence-corrected chi connectivity index (χ2v) is 8.29. The second-order valence-electron chi connectivity index (χ2n) is 7.30. The maximum Gasteiger partial charge on any atom is 0.326 e. The average molecular weight is 463 g/mol. The lowest BCUT2D eigenvalue weighted by Crippen LogP contribution is -2.59. The highest BCUT2D eigenvalue weighted by molar-refractivity contribution is 7.98. The SMILES string of the molecule is CSCCC(NC(=O)C(NC(=O)C1CCCN1C(=O)C(N)CC(=O)O)C(C)O)C(=O)O. The van der Waals surface area contributed by atoms with E-state index >= 15 is 0 Å². The van der Waals surface area contributed by atoms with Crippen LogP contribution in [0.5, 0.6) is 0 Å². The van der Waals surface area contributed by atoms with Crippen molar-refractivity contribution in [3.05, 3.63) is 0 Å². The van der Waals surface area contributed by atoms with Gasteiger partial charge in [-0.25, -0.2) is 4.79 Å². The molecule has 1 fully saturated rings. The molecular weight excluding hydrogens is 432 g/mol. The summed E-state index contributed by atoms with van der Waals surface area (Å²) in [5.41, 5.74) is 5.62. The van der Waals surface area contributed by atoms with E-state index in [1.165, 1.54) is 23.6 Å². The first-order chi connectivity index (χ1) is 14.5. The first-order valence-corrected chi connectivity index (χ1v) is 11.2. The molecule has 0 bridgehead atoms. The Morgan fingerprint density at radius 2 is 1.84 bits per heavy atom. The molecule has 0 spiro atoms. The molecular formula is C18H30N4O8S. The number of nitrogens with one attached hydrogen (secondary N) is 2. The third-order valence-electron chi connectivity index (χ3n) is 4.84. The lowest BCUT2D eigenvalue weighted by molar-refractivity contribution is -0.145. The van der Waals surface area contributed by atoms with E-state index in [0.717, 1.165) is 0 Å². The number of hydrogen-bond donors (Lipinski definition) is 6. The van der Waals surface area contributed by atoms with Crippen LogP contribution in [-0.2, 0) is 24.0 Å². The summed E-state index contributed by atoms with van der Waals surface area (Å²) < 4.78 is 0. The van der Waals surface area contributed by atoms with Crippen LogP contribution in [0.4, 0.5) is 0 Å². The van der Waals surface area contributed by atoms with Gasteiger partial charge in [-0.05, 0) is 38.2 Å². The van der Waals surface area contributed by atoms with Gasteiger partial charge in [0.15, 0.2) is 0 Å². The number of carboxylic acid groups (broad SMARTS) is 2. The van der Waals surface area contributed by atoms with Gasteiger partial charge < -0.3 is 36.6 Å². The molecule has 1 saturated heterocycles. The number of nitrogens with zero attached hydrogens (tertiary/aromatic N) is 1. The summed E-state index contributed by atoms with van der Waals surface area (Å²) in [5, 5.41) is 32.7. The predicted octanol–water partition coefficient (Wildman–Crippen LogP) is -2.03. The molecule has 1 aliphatic rings. The van der Waals surface area contributed by atoms with E-state index in [9.17, 15) is 34.2 Å². The fraction of sp³-hybridized carbons (Fsp3) is 0.722. The Bertz CT molecular complexity index is 689. The highest BCUT2D eigenvalue weighted by Crippen LogP contribution is 2.19. The van der Waals surface area contributed by atoms with Crippen LogP contribution in [0.1, 0.15) is 32.6 Å². The Kier molecular flexibility index (Phi) is 10.7. The molecule has 0 aromatic heterocycles. The van der Waals surface area contributed by atoms with Crippen LogP contribution in [0.25, 0.3) is 0 Å². The van der Waals surface area contributed by atoms with Crippen molar-refractivity contribution in [2.24, 2.45) is 5.73 Å². The Balaban J connectivity index is 2.86. The molecule has 1 aliphatic heterocycles. The molecule has 5 atom stereocenters. The van der Waals surface area contributed by atoms with Crippen molar-refractivity contribution < 1.29 is 39.3 Å². The zero-order valence-electron chi connectivity index (χ0n) is 17.4. The summed E-state index contributed by atoms with van der Waals surface area (Å²) >= 11 is 1.41. The molecule has 1 heterocycles. The van der Waals surface area contributed by atoms with Crippen LogP contribution < -0.4 is 16.4 Å². The first kappa shape index (κ1) is 26.7. The van der Waals surface area contributed by atoms with Crippen LogP contribution in [0, 0.1) is 0 Å². The van der Waals surface area contributed by atoms with Gasteiger partial charge in [-0.3, -0.25) is 19.2 Å². The molecule has 0 aromatic rings. The summed E-state index contributed by atoms with van der Waals surface area (Å²) in [5.74, 6) is -4.28. The number of carboxylic acids is 2. The van der Waals surface area contributed by atoms with Crippen molar-refractivity contribution >= 4 is 41.4 Å². The van der Waals surface area contributed by atoms with E-state index in [-0.39, 0.29) is 19.4 Å². The van der Waals surface area contributed by atoms with Gasteiger partial charge in [0.2, 0.25) is 17.7 Å². The Morgan fingerprint density at radius 3 is 2.35 bits per heavy atom. The van der Waals surface area contributed by atoms with Crippen molar-refractivity contribution in [2.45, 2.75) is 62.9 Å². The minimum absolute atomic E-state index is 0.162. The molecule has 0 aromatic carbocycles. The van der Waals surface area contributed by atoms with E-state index in [0.29, 0.717) is 12.2 Å². The van der Waals surface area contributed by atoms with Gasteiger partial charge in [0.1, 0.15) is 18.1 Å². The molecule has 31 heavy (non-hydrogen) atoms. The van der Waals surface area contributed by atoms with Crippen molar-refractivity contribution in [3.8, 4) is 0 Å². The molecule has 0 radical (unpaired) electrons. The first-order valence-electron chi connectivity index (χ1n) is 9.78. The molecule has 0 saturated carbocycles. The van der Waals surface area contributed by atoms with Gasteiger partial charge in [0.25, 0.3) is 0 Å². The third-order valence-corrected chi connectivity index (χ3v) is 5.48. The maximum atomic E-state index is 12.7. The highest BCUT2D eigenvalue weighted by Gasteiger charge is 2.39. The summed E-state index contributed by atoms with van der Waals surface area (Å²) in [4.78, 5) is 61.0. The number of rotatable bonds is 12. The quantitative estimate of drug-likeness (QED) is 0.188. The lowest BCUT2D eigenvalue weighted by Gasteiger charge is -2.29. The van der Waals surface area contributed by atoms with Crippen molar-refractivity contribution in [1.29, 1.82) is 0 Å². The van der Waals surface area contributed by atoms with Crippen LogP contribution >= 0.6 is 11.8 Å². The standard InChI is InChI=1S/C18H30N4O8S/c1-9(23)14(16(27)20-11(18(29)30)5-7-31-2)21-15(26)12-4-3-6-22(12)17(28)10(19)8-13(24)25/h9-12,14,23H,3-8,19H2,1-2H3,(H,20,27)(H,21,26)(H,24,25)(H,29,30). The van der Waals surface area contributed by atoms with Gasteiger partial charge in [-0.1, -0.05) is 0 Å². The number of aliphatic carboxylic acids is 2. The normalized spacial score (nSPS) is 19.7. The van der Waals surface area contributed by atoms with Gasteiger partial charge in [-0.2, -0.15) is 11.8 Å². The largest absolute Gasteiger partial charge is 0.481 e. The van der Waals surface area contributed by atoms with E-state index in [2.05, 4.69) is 10.6 Å². The number of hydrogen-bond acceptors (Lipinski definition) is 8. The Labute approximate surface area is 183 Å². The molecule has 12 nitrogen and oxygen atoms in total. The van der Waals surface area contributed by atoms with Crippen LogP contribution in [0.15, 0.2) is 0 Å². The minimum Gasteiger partial charge on any atom is -0.481 e. The molecule has 3 amide bonds. The highest BCUT2D eigenvalue weighted by atomic mass is 32.2. The van der Waals surface area contributed by atoms with Crippen molar-refractivity contribution in [2.75, 3.05) is 18.6 Å². The molecule has 0 aliphatic carbocycles. The molecule has 1 rings (SSSR count). The van der Waals surface area contributed by atoms with Crippen LogP contribution in [0.2, 0.25) is 0 Å². The number of amides is 3.